The van der Waals surface area contributed by atoms with E-state index in [1.807, 2.05) is 0 Å². The summed E-state index contributed by atoms with van der Waals surface area (Å²) in [6.07, 6.45) is -4.24. The molecule has 12 heteroatoms. The minimum absolute atomic E-state index is 0.00752. The maximum absolute atomic E-state index is 13.7. The Balaban J connectivity index is 1.66. The second-order valence-corrected chi connectivity index (χ2v) is 8.03. The Morgan fingerprint density at radius 3 is 2.54 bits per heavy atom. The van der Waals surface area contributed by atoms with Crippen LogP contribution in [0.3, 0.4) is 0 Å². The van der Waals surface area contributed by atoms with Crippen molar-refractivity contribution < 1.29 is 38.0 Å². The summed E-state index contributed by atoms with van der Waals surface area (Å²) < 4.78 is 47.5. The number of aliphatic hydroxyl groups is 3. The third-order valence-corrected chi connectivity index (χ3v) is 5.88. The smallest absolute Gasteiger partial charge is 0.256 e. The monoisotopic (exact) mass is 492 g/mol. The molecule has 3 aromatic rings. The van der Waals surface area contributed by atoms with Gasteiger partial charge >= 0.3 is 0 Å². The number of rotatable bonds is 6. The minimum atomic E-state index is -1.57. The van der Waals surface area contributed by atoms with Crippen molar-refractivity contribution in [1.29, 1.82) is 0 Å². The predicted octanol–water partition coefficient (Wildman–Crippen LogP) is 1.50. The van der Waals surface area contributed by atoms with Gasteiger partial charge in [0.15, 0.2) is 17.9 Å². The Morgan fingerprint density at radius 1 is 1.11 bits per heavy atom. The summed E-state index contributed by atoms with van der Waals surface area (Å²) >= 11 is 0. The molecular formula is C23H23F3N4O5. The van der Waals surface area contributed by atoms with Gasteiger partial charge in [0.2, 0.25) is 0 Å². The van der Waals surface area contributed by atoms with Crippen molar-refractivity contribution in [3.05, 3.63) is 71.7 Å². The fraction of sp³-hybridized carbons (Fsp3) is 0.348. The van der Waals surface area contributed by atoms with E-state index in [9.17, 15) is 33.3 Å². The molecule has 4 rings (SSSR count). The Hall–Kier alpha value is -3.32. The number of hydrogen-bond donors (Lipinski definition) is 3. The summed E-state index contributed by atoms with van der Waals surface area (Å²) in [6.45, 7) is 0.926. The van der Waals surface area contributed by atoms with Crippen molar-refractivity contribution in [2.24, 2.45) is 0 Å². The van der Waals surface area contributed by atoms with E-state index >= 15 is 0 Å². The third-order valence-electron chi connectivity index (χ3n) is 5.88. The van der Waals surface area contributed by atoms with E-state index in [0.717, 1.165) is 27.8 Å². The average molecular weight is 492 g/mol. The molecule has 35 heavy (non-hydrogen) atoms. The molecule has 2 aromatic carbocycles. The van der Waals surface area contributed by atoms with Crippen LogP contribution < -0.4 is 0 Å². The van der Waals surface area contributed by atoms with Crippen LogP contribution in [0.1, 0.15) is 23.3 Å². The molecule has 1 saturated heterocycles. The predicted molar refractivity (Wildman–Crippen MR) is 115 cm³/mol. The van der Waals surface area contributed by atoms with E-state index in [-0.39, 0.29) is 17.8 Å². The van der Waals surface area contributed by atoms with Gasteiger partial charge in [0, 0.05) is 17.7 Å². The molecule has 186 valence electrons. The third kappa shape index (κ3) is 4.78. The highest BCUT2D eigenvalue weighted by molar-refractivity contribution is 5.94. The van der Waals surface area contributed by atoms with Crippen LogP contribution in [0, 0.1) is 17.5 Å². The molecule has 0 spiro atoms. The molecule has 5 atom stereocenters. The van der Waals surface area contributed by atoms with Crippen molar-refractivity contribution in [2.75, 3.05) is 13.2 Å². The number of aromatic nitrogens is 3. The van der Waals surface area contributed by atoms with Crippen LogP contribution in [0.5, 0.6) is 0 Å². The number of nitrogens with zero attached hydrogens (tertiary/aromatic N) is 4. The Kier molecular flexibility index (Phi) is 7.17. The number of amides is 1. The zero-order chi connectivity index (χ0) is 25.3. The minimum Gasteiger partial charge on any atom is -0.394 e. The Labute approximate surface area is 198 Å². The molecular weight excluding hydrogens is 469 g/mol. The highest BCUT2D eigenvalue weighted by Gasteiger charge is 2.49. The van der Waals surface area contributed by atoms with E-state index in [0.29, 0.717) is 5.56 Å². The largest absolute Gasteiger partial charge is 0.394 e. The number of likely N-dealkylation sites (N-methyl/N-ethyl adjacent to an activating group) is 1. The number of aliphatic hydroxyl groups excluding tert-OH is 3. The zero-order valence-corrected chi connectivity index (χ0v) is 18.5. The van der Waals surface area contributed by atoms with Gasteiger partial charge in [-0.15, -0.1) is 5.10 Å². The first kappa shape index (κ1) is 24.8. The number of benzene rings is 2. The molecule has 1 aliphatic rings. The van der Waals surface area contributed by atoms with Crippen LogP contribution in [0.25, 0.3) is 11.3 Å². The van der Waals surface area contributed by atoms with Crippen LogP contribution in [-0.4, -0.2) is 78.8 Å². The van der Waals surface area contributed by atoms with Crippen LogP contribution in [0.2, 0.25) is 0 Å². The standard InChI is InChI=1S/C23H23F3N4O5/c1-2-29(22(34)13-6-7-15(25)16(26)9-13)23-21(33)19(20(32)18(11-31)35-23)30-10-17(27-28-30)12-4-3-5-14(24)8-12/h3-10,18-21,23,31-33H,2,11H2,1H3/t18?,19-,20-,21?,23?/m0/s1. The van der Waals surface area contributed by atoms with Gasteiger partial charge in [-0.3, -0.25) is 4.79 Å². The van der Waals surface area contributed by atoms with Gasteiger partial charge in [-0.05, 0) is 37.3 Å². The first-order chi connectivity index (χ1) is 16.7. The summed E-state index contributed by atoms with van der Waals surface area (Å²) in [7, 11) is 0. The lowest BCUT2D eigenvalue weighted by atomic mass is 9.94. The van der Waals surface area contributed by atoms with Crippen LogP contribution in [0.4, 0.5) is 13.2 Å². The molecule has 0 bridgehead atoms. The molecule has 1 fully saturated rings. The SMILES string of the molecule is CCN(C(=O)c1ccc(F)c(F)c1)C1OC(CO)[C@H](O)[C@H](n2cc(-c3cccc(F)c3)nn2)C1O. The number of carbonyl (C=O) groups excluding carboxylic acids is 1. The topological polar surface area (TPSA) is 121 Å². The quantitative estimate of drug-likeness (QED) is 0.477. The Bertz CT molecular complexity index is 1210. The lowest BCUT2D eigenvalue weighted by Gasteiger charge is -2.45. The second-order valence-electron chi connectivity index (χ2n) is 8.03. The lowest BCUT2D eigenvalue weighted by Crippen LogP contribution is -2.62. The molecule has 0 saturated carbocycles. The van der Waals surface area contributed by atoms with E-state index in [2.05, 4.69) is 10.3 Å². The number of carbonyl (C=O) groups is 1. The number of hydrogen-bond acceptors (Lipinski definition) is 7. The summed E-state index contributed by atoms with van der Waals surface area (Å²) in [6, 6.07) is 7.01. The molecule has 1 amide bonds. The first-order valence-corrected chi connectivity index (χ1v) is 10.8. The van der Waals surface area contributed by atoms with E-state index in [4.69, 9.17) is 4.74 Å². The van der Waals surface area contributed by atoms with Gasteiger partial charge in [-0.25, -0.2) is 17.9 Å². The molecule has 0 radical (unpaired) electrons. The van der Waals surface area contributed by atoms with Crippen molar-refractivity contribution in [3.8, 4) is 11.3 Å². The first-order valence-electron chi connectivity index (χ1n) is 10.8. The Morgan fingerprint density at radius 2 is 1.89 bits per heavy atom. The van der Waals surface area contributed by atoms with E-state index in [1.54, 1.807) is 13.0 Å². The summed E-state index contributed by atoms with van der Waals surface area (Å²) in [5, 5.41) is 39.6. The fourth-order valence-corrected chi connectivity index (χ4v) is 4.09. The molecule has 1 aromatic heterocycles. The van der Waals surface area contributed by atoms with Gasteiger partial charge in [0.25, 0.3) is 5.91 Å². The molecule has 1 aliphatic heterocycles. The van der Waals surface area contributed by atoms with Crippen molar-refractivity contribution in [1.82, 2.24) is 19.9 Å². The maximum atomic E-state index is 13.7. The molecule has 3 unspecified atom stereocenters. The highest BCUT2D eigenvalue weighted by atomic mass is 19.2. The van der Waals surface area contributed by atoms with Crippen LogP contribution in [0.15, 0.2) is 48.7 Å². The van der Waals surface area contributed by atoms with Crippen molar-refractivity contribution >= 4 is 5.91 Å². The lowest BCUT2D eigenvalue weighted by molar-refractivity contribution is -0.237. The highest BCUT2D eigenvalue weighted by Crippen LogP contribution is 2.33. The number of ether oxygens (including phenoxy) is 1. The normalized spacial score (nSPS) is 24.4. The molecule has 2 heterocycles. The average Bonchev–Trinajstić information content (AvgIpc) is 3.32. The van der Waals surface area contributed by atoms with Gasteiger partial charge in [0.1, 0.15) is 35.9 Å². The summed E-state index contributed by atoms with van der Waals surface area (Å²) in [4.78, 5) is 14.1. The molecule has 0 aliphatic carbocycles. The van der Waals surface area contributed by atoms with Crippen molar-refractivity contribution in [2.45, 2.75) is 37.5 Å². The van der Waals surface area contributed by atoms with Gasteiger partial charge in [-0.1, -0.05) is 17.3 Å². The summed E-state index contributed by atoms with van der Waals surface area (Å²) in [5.41, 5.74) is 0.489. The van der Waals surface area contributed by atoms with Crippen molar-refractivity contribution in [3.63, 3.8) is 0 Å². The molecule has 3 N–H and O–H groups in total. The van der Waals surface area contributed by atoms with Crippen LogP contribution in [-0.2, 0) is 4.74 Å². The number of halogens is 3. The second kappa shape index (κ2) is 10.1. The van der Waals surface area contributed by atoms with Gasteiger partial charge in [0.05, 0.1) is 12.8 Å². The van der Waals surface area contributed by atoms with Gasteiger partial charge < -0.3 is 25.0 Å². The summed E-state index contributed by atoms with van der Waals surface area (Å²) in [5.74, 6) is -3.59. The van der Waals surface area contributed by atoms with Gasteiger partial charge in [-0.2, -0.15) is 0 Å². The van der Waals surface area contributed by atoms with E-state index in [1.165, 1.54) is 24.4 Å². The molecule has 9 nitrogen and oxygen atoms in total. The maximum Gasteiger partial charge on any atom is 0.256 e. The van der Waals surface area contributed by atoms with Crippen LogP contribution >= 0.6 is 0 Å². The zero-order valence-electron chi connectivity index (χ0n) is 18.5. The fourth-order valence-electron chi connectivity index (χ4n) is 4.09. The van der Waals surface area contributed by atoms with E-state index < -0.39 is 60.5 Å².